The standard InChI is InChI=1S/C21H23FN2O3S2/c22-16-7-5-6-15(12-16)14-24-18-10-11-28-21(18)20(25)19(29(24,26)27)13-23-17-8-3-1-2-4-9-17/h5-7,10-13,17,23H,1-4,8-9,14H2. The first-order valence-corrected chi connectivity index (χ1v) is 12.1. The molecule has 0 unspecified atom stereocenters. The number of ketones is 1. The van der Waals surface area contributed by atoms with E-state index in [-0.39, 0.29) is 17.5 Å². The summed E-state index contributed by atoms with van der Waals surface area (Å²) in [7, 11) is -4.05. The Morgan fingerprint density at radius 1 is 1.17 bits per heavy atom. The summed E-state index contributed by atoms with van der Waals surface area (Å²) < 4.78 is 41.5. The second-order valence-corrected chi connectivity index (χ2v) is 10.2. The average molecular weight is 435 g/mol. The topological polar surface area (TPSA) is 66.5 Å². The van der Waals surface area contributed by atoms with Crippen molar-refractivity contribution in [3.8, 4) is 0 Å². The van der Waals surface area contributed by atoms with E-state index in [9.17, 15) is 17.6 Å². The molecule has 1 aliphatic heterocycles. The van der Waals surface area contributed by atoms with E-state index in [2.05, 4.69) is 5.32 Å². The predicted octanol–water partition coefficient (Wildman–Crippen LogP) is 4.57. The molecule has 0 bridgehead atoms. The summed E-state index contributed by atoms with van der Waals surface area (Å²) >= 11 is 1.22. The van der Waals surface area contributed by atoms with Crippen LogP contribution in [0.4, 0.5) is 10.1 Å². The number of Topliss-reactive ketones (excluding diaryl/α,β-unsaturated/α-hetero) is 1. The van der Waals surface area contributed by atoms with Crippen LogP contribution in [0.25, 0.3) is 0 Å². The Kier molecular flexibility index (Phi) is 5.74. The van der Waals surface area contributed by atoms with Crippen LogP contribution in [0.1, 0.15) is 53.8 Å². The molecule has 0 saturated heterocycles. The Morgan fingerprint density at radius 2 is 1.93 bits per heavy atom. The van der Waals surface area contributed by atoms with Crippen LogP contribution in [0.5, 0.6) is 0 Å². The van der Waals surface area contributed by atoms with Gasteiger partial charge in [0.1, 0.15) is 10.7 Å². The van der Waals surface area contributed by atoms with Crippen molar-refractivity contribution in [2.24, 2.45) is 0 Å². The van der Waals surface area contributed by atoms with Crippen LogP contribution in [0.15, 0.2) is 46.8 Å². The normalized spacial score (nSPS) is 21.1. The number of sulfonamides is 1. The number of allylic oxidation sites excluding steroid dienone is 1. The number of rotatable bonds is 4. The molecule has 1 aliphatic carbocycles. The van der Waals surface area contributed by atoms with Crippen molar-refractivity contribution in [2.75, 3.05) is 4.31 Å². The van der Waals surface area contributed by atoms with E-state index < -0.39 is 21.6 Å². The van der Waals surface area contributed by atoms with Gasteiger partial charge in [-0.15, -0.1) is 11.3 Å². The summed E-state index contributed by atoms with van der Waals surface area (Å²) in [5.74, 6) is -0.907. The van der Waals surface area contributed by atoms with E-state index in [4.69, 9.17) is 0 Å². The lowest BCUT2D eigenvalue weighted by molar-refractivity contribution is 0.104. The van der Waals surface area contributed by atoms with Gasteiger partial charge >= 0.3 is 0 Å². The monoisotopic (exact) mass is 434 g/mol. The van der Waals surface area contributed by atoms with Gasteiger partial charge in [-0.3, -0.25) is 9.10 Å². The van der Waals surface area contributed by atoms with Crippen LogP contribution in [-0.4, -0.2) is 20.2 Å². The average Bonchev–Trinajstić information content (AvgIpc) is 3.02. The number of nitrogens with one attached hydrogen (secondary N) is 1. The lowest BCUT2D eigenvalue weighted by atomic mass is 10.1. The van der Waals surface area contributed by atoms with Crippen LogP contribution in [0.3, 0.4) is 0 Å². The van der Waals surface area contributed by atoms with E-state index in [0.717, 1.165) is 25.7 Å². The first-order valence-electron chi connectivity index (χ1n) is 9.82. The molecular weight excluding hydrogens is 411 g/mol. The third-order valence-electron chi connectivity index (χ3n) is 5.43. The molecule has 8 heteroatoms. The van der Waals surface area contributed by atoms with Gasteiger partial charge in [0, 0.05) is 12.2 Å². The molecule has 2 aromatic rings. The zero-order chi connectivity index (χ0) is 20.4. The van der Waals surface area contributed by atoms with E-state index in [1.807, 2.05) is 0 Å². The molecule has 2 aliphatic rings. The number of fused-ring (bicyclic) bond motifs is 1. The molecule has 1 saturated carbocycles. The third kappa shape index (κ3) is 4.09. The molecule has 0 spiro atoms. The second kappa shape index (κ2) is 8.28. The third-order valence-corrected chi connectivity index (χ3v) is 8.10. The van der Waals surface area contributed by atoms with Crippen molar-refractivity contribution in [2.45, 2.75) is 51.1 Å². The van der Waals surface area contributed by atoms with Crippen LogP contribution in [0.2, 0.25) is 0 Å². The number of hydrogen-bond donors (Lipinski definition) is 1. The summed E-state index contributed by atoms with van der Waals surface area (Å²) in [6, 6.07) is 7.65. The maximum absolute atomic E-state index is 13.6. The fraction of sp³-hybridized carbons (Fsp3) is 0.381. The largest absolute Gasteiger partial charge is 0.387 e. The van der Waals surface area contributed by atoms with Crippen LogP contribution >= 0.6 is 11.3 Å². The van der Waals surface area contributed by atoms with Crippen molar-refractivity contribution < 1.29 is 17.6 Å². The molecule has 0 radical (unpaired) electrons. The Bertz CT molecular complexity index is 1040. The molecular formula is C21H23FN2O3S2. The lowest BCUT2D eigenvalue weighted by Gasteiger charge is -2.29. The molecule has 154 valence electrons. The highest BCUT2D eigenvalue weighted by atomic mass is 32.2. The quantitative estimate of drug-likeness (QED) is 0.565. The van der Waals surface area contributed by atoms with E-state index >= 15 is 0 Å². The maximum Gasteiger partial charge on any atom is 0.270 e. The second-order valence-electron chi connectivity index (χ2n) is 7.47. The summed E-state index contributed by atoms with van der Waals surface area (Å²) in [6.45, 7) is -0.0299. The minimum atomic E-state index is -4.05. The maximum atomic E-state index is 13.6. The molecule has 4 rings (SSSR count). The number of halogens is 1. The summed E-state index contributed by atoms with van der Waals surface area (Å²) in [5, 5.41) is 4.90. The molecule has 1 aromatic carbocycles. The fourth-order valence-electron chi connectivity index (χ4n) is 3.90. The minimum Gasteiger partial charge on any atom is -0.387 e. The number of anilines is 1. The Balaban J connectivity index is 1.68. The Hall–Kier alpha value is -2.19. The van der Waals surface area contributed by atoms with Gasteiger partial charge in [0.2, 0.25) is 5.78 Å². The number of carbonyl (C=O) groups excluding carboxylic acids is 1. The minimum absolute atomic E-state index is 0.0299. The first kappa shape index (κ1) is 20.1. The molecule has 1 N–H and O–H groups in total. The number of hydrogen-bond acceptors (Lipinski definition) is 5. The van der Waals surface area contributed by atoms with Gasteiger partial charge in [-0.05, 0) is 42.0 Å². The summed E-state index contributed by atoms with van der Waals surface area (Å²) in [5.41, 5.74) is 0.882. The molecule has 5 nitrogen and oxygen atoms in total. The van der Waals surface area contributed by atoms with E-state index in [0.29, 0.717) is 16.1 Å². The van der Waals surface area contributed by atoms with Crippen molar-refractivity contribution in [1.29, 1.82) is 0 Å². The highest BCUT2D eigenvalue weighted by Crippen LogP contribution is 2.39. The van der Waals surface area contributed by atoms with Gasteiger partial charge in [0.15, 0.2) is 4.91 Å². The van der Waals surface area contributed by atoms with Gasteiger partial charge in [-0.1, -0.05) is 37.8 Å². The van der Waals surface area contributed by atoms with Crippen LogP contribution in [-0.2, 0) is 16.6 Å². The fourth-order valence-corrected chi connectivity index (χ4v) is 6.39. The van der Waals surface area contributed by atoms with Crippen LogP contribution in [0, 0.1) is 5.82 Å². The number of thiophene rings is 1. The summed E-state index contributed by atoms with van der Waals surface area (Å²) in [6.07, 6.45) is 7.89. The predicted molar refractivity (Wildman–Crippen MR) is 113 cm³/mol. The van der Waals surface area contributed by atoms with Crippen molar-refractivity contribution in [3.05, 3.63) is 63.1 Å². The van der Waals surface area contributed by atoms with Crippen LogP contribution < -0.4 is 9.62 Å². The zero-order valence-corrected chi connectivity index (χ0v) is 17.6. The van der Waals surface area contributed by atoms with Crippen molar-refractivity contribution >= 4 is 32.8 Å². The summed E-state index contributed by atoms with van der Waals surface area (Å²) in [4.78, 5) is 13.1. The number of carbonyl (C=O) groups is 1. The van der Waals surface area contributed by atoms with Gasteiger partial charge < -0.3 is 5.32 Å². The number of nitrogens with zero attached hydrogens (tertiary/aromatic N) is 1. The van der Waals surface area contributed by atoms with Gasteiger partial charge in [0.25, 0.3) is 10.0 Å². The lowest BCUT2D eigenvalue weighted by Crippen LogP contribution is -2.39. The SMILES string of the molecule is O=C1C(=CNC2CCCCCC2)S(=O)(=O)N(Cc2cccc(F)c2)c2ccsc21. The highest BCUT2D eigenvalue weighted by molar-refractivity contribution is 7.97. The first-order chi connectivity index (χ1) is 14.0. The molecule has 0 amide bonds. The zero-order valence-electron chi connectivity index (χ0n) is 15.9. The highest BCUT2D eigenvalue weighted by Gasteiger charge is 2.41. The van der Waals surface area contributed by atoms with E-state index in [1.54, 1.807) is 23.6 Å². The van der Waals surface area contributed by atoms with Crippen molar-refractivity contribution in [1.82, 2.24) is 5.32 Å². The number of benzene rings is 1. The Labute approximate surface area is 174 Å². The smallest absolute Gasteiger partial charge is 0.270 e. The van der Waals surface area contributed by atoms with E-state index in [1.165, 1.54) is 46.8 Å². The molecule has 0 atom stereocenters. The molecule has 1 fully saturated rings. The van der Waals surface area contributed by atoms with Gasteiger partial charge in [0.05, 0.1) is 12.2 Å². The van der Waals surface area contributed by atoms with Gasteiger partial charge in [-0.25, -0.2) is 12.8 Å². The molecule has 2 heterocycles. The van der Waals surface area contributed by atoms with Gasteiger partial charge in [-0.2, -0.15) is 0 Å². The van der Waals surface area contributed by atoms with Crippen molar-refractivity contribution in [3.63, 3.8) is 0 Å². The molecule has 1 aromatic heterocycles. The molecule has 29 heavy (non-hydrogen) atoms. The Morgan fingerprint density at radius 3 is 2.66 bits per heavy atom.